The highest BCUT2D eigenvalue weighted by Crippen LogP contribution is 2.34. The van der Waals surface area contributed by atoms with E-state index in [2.05, 4.69) is 26.0 Å². The molecular formula is C29H25BrF3N3O5. The van der Waals surface area contributed by atoms with Gasteiger partial charge in [0.05, 0.1) is 35.4 Å². The van der Waals surface area contributed by atoms with Crippen molar-refractivity contribution in [2.45, 2.75) is 33.1 Å². The fraction of sp³-hybridized carbons (Fsp3) is 0.241. The number of rotatable bonds is 9. The van der Waals surface area contributed by atoms with Crippen LogP contribution in [0.15, 0.2) is 75.0 Å². The lowest BCUT2D eigenvalue weighted by Gasteiger charge is -2.14. The van der Waals surface area contributed by atoms with Gasteiger partial charge in [-0.15, -0.1) is 0 Å². The summed E-state index contributed by atoms with van der Waals surface area (Å²) in [4.78, 5) is 29.8. The highest BCUT2D eigenvalue weighted by Gasteiger charge is 2.31. The molecule has 3 aromatic carbocycles. The van der Waals surface area contributed by atoms with Crippen molar-refractivity contribution in [3.05, 3.63) is 86.6 Å². The minimum atomic E-state index is -4.59. The summed E-state index contributed by atoms with van der Waals surface area (Å²) in [5, 5.41) is 4.57. The second-order valence-corrected chi connectivity index (χ2v) is 9.83. The zero-order valence-corrected chi connectivity index (χ0v) is 23.8. The van der Waals surface area contributed by atoms with E-state index in [9.17, 15) is 22.8 Å². The molecule has 0 unspecified atom stereocenters. The Morgan fingerprint density at radius 3 is 2.51 bits per heavy atom. The van der Waals surface area contributed by atoms with Crippen molar-refractivity contribution in [2.75, 3.05) is 13.2 Å². The maximum absolute atomic E-state index is 13.4. The Balaban J connectivity index is 1.78. The third-order valence-corrected chi connectivity index (χ3v) is 6.28. The van der Waals surface area contributed by atoms with E-state index >= 15 is 0 Å². The second kappa shape index (κ2) is 12.5. The summed E-state index contributed by atoms with van der Waals surface area (Å²) in [6, 6.07) is 14.2. The number of aromatic nitrogens is 2. The fourth-order valence-electron chi connectivity index (χ4n) is 3.84. The van der Waals surface area contributed by atoms with Crippen LogP contribution in [0.5, 0.6) is 11.5 Å². The first kappa shape index (κ1) is 29.8. The van der Waals surface area contributed by atoms with Gasteiger partial charge in [-0.2, -0.15) is 22.9 Å². The number of alkyl halides is 3. The van der Waals surface area contributed by atoms with Gasteiger partial charge >= 0.3 is 12.1 Å². The molecule has 0 radical (unpaired) electrons. The molecule has 0 saturated heterocycles. The van der Waals surface area contributed by atoms with E-state index in [0.717, 1.165) is 16.8 Å². The topological polar surface area (TPSA) is 92.0 Å². The molecule has 0 saturated carbocycles. The Labute approximate surface area is 241 Å². The largest absolute Gasteiger partial charge is 0.490 e. The summed E-state index contributed by atoms with van der Waals surface area (Å²) < 4.78 is 58.1. The van der Waals surface area contributed by atoms with Gasteiger partial charge in [-0.3, -0.25) is 4.79 Å². The van der Waals surface area contributed by atoms with E-state index in [-0.39, 0.29) is 35.2 Å². The van der Waals surface area contributed by atoms with Gasteiger partial charge in [0.15, 0.2) is 23.9 Å². The van der Waals surface area contributed by atoms with E-state index in [1.165, 1.54) is 18.3 Å². The first-order valence-electron chi connectivity index (χ1n) is 12.5. The Morgan fingerprint density at radius 2 is 1.80 bits per heavy atom. The van der Waals surface area contributed by atoms with Crippen LogP contribution in [0.2, 0.25) is 0 Å². The molecule has 4 aromatic rings. The van der Waals surface area contributed by atoms with Gasteiger partial charge in [-0.1, -0.05) is 24.3 Å². The van der Waals surface area contributed by atoms with E-state index in [1.807, 2.05) is 0 Å². The maximum Gasteiger partial charge on any atom is 0.416 e. The Morgan fingerprint density at radius 1 is 1.07 bits per heavy atom. The van der Waals surface area contributed by atoms with Crippen LogP contribution in [0, 0.1) is 0 Å². The summed E-state index contributed by atoms with van der Waals surface area (Å²) in [7, 11) is 0. The molecule has 0 N–H and O–H groups in total. The molecular weight excluding hydrogens is 607 g/mol. The molecule has 1 heterocycles. The number of nitrogens with zero attached hydrogens (tertiary/aromatic N) is 3. The normalized spacial score (nSPS) is 11.8. The summed E-state index contributed by atoms with van der Waals surface area (Å²) in [6.07, 6.45) is -3.54. The summed E-state index contributed by atoms with van der Waals surface area (Å²) in [6.45, 7) is 5.18. The lowest BCUT2D eigenvalue weighted by Crippen LogP contribution is -2.20. The maximum atomic E-state index is 13.4. The molecule has 12 heteroatoms. The molecule has 0 atom stereocenters. The van der Waals surface area contributed by atoms with E-state index < -0.39 is 23.3 Å². The predicted octanol–water partition coefficient (Wildman–Crippen LogP) is 6.46. The van der Waals surface area contributed by atoms with Crippen molar-refractivity contribution in [1.82, 2.24) is 9.66 Å². The van der Waals surface area contributed by atoms with E-state index in [0.29, 0.717) is 27.9 Å². The highest BCUT2D eigenvalue weighted by molar-refractivity contribution is 9.10. The minimum absolute atomic E-state index is 0.0610. The SMILES string of the molecule is CCOc1cc(C=Nn2c(-c3cccc(C(F)(F)F)c3)nc3ccccc3c2=O)c(Br)cc1OCC(=O)OC(C)C. The number of benzene rings is 3. The van der Waals surface area contributed by atoms with Crippen LogP contribution in [0.25, 0.3) is 22.3 Å². The number of esters is 1. The molecule has 4 rings (SSSR count). The molecule has 0 aliphatic carbocycles. The van der Waals surface area contributed by atoms with E-state index in [1.54, 1.807) is 57.2 Å². The van der Waals surface area contributed by atoms with Crippen LogP contribution in [0.4, 0.5) is 13.2 Å². The number of carbonyl (C=O) groups excluding carboxylic acids is 1. The van der Waals surface area contributed by atoms with Gasteiger partial charge in [0.1, 0.15) is 0 Å². The monoisotopic (exact) mass is 631 g/mol. The summed E-state index contributed by atoms with van der Waals surface area (Å²) >= 11 is 3.44. The third kappa shape index (κ3) is 7.12. The average molecular weight is 632 g/mol. The predicted molar refractivity (Wildman–Crippen MR) is 151 cm³/mol. The Kier molecular flexibility index (Phi) is 9.11. The van der Waals surface area contributed by atoms with Gasteiger partial charge in [0.2, 0.25) is 0 Å². The van der Waals surface area contributed by atoms with Crippen LogP contribution in [0.1, 0.15) is 31.9 Å². The number of ether oxygens (including phenoxy) is 3. The molecule has 0 amide bonds. The average Bonchev–Trinajstić information content (AvgIpc) is 2.92. The smallest absolute Gasteiger partial charge is 0.416 e. The molecule has 0 bridgehead atoms. The zero-order valence-electron chi connectivity index (χ0n) is 22.2. The molecule has 0 fully saturated rings. The number of fused-ring (bicyclic) bond motifs is 1. The quantitative estimate of drug-likeness (QED) is 0.156. The number of para-hydroxylation sites is 1. The molecule has 214 valence electrons. The third-order valence-electron chi connectivity index (χ3n) is 5.59. The zero-order chi connectivity index (χ0) is 29.7. The Bertz CT molecular complexity index is 1670. The molecule has 8 nitrogen and oxygen atoms in total. The van der Waals surface area contributed by atoms with Gasteiger partial charge < -0.3 is 14.2 Å². The lowest BCUT2D eigenvalue weighted by molar-refractivity contribution is -0.149. The summed E-state index contributed by atoms with van der Waals surface area (Å²) in [5.74, 6) is -0.0438. The summed E-state index contributed by atoms with van der Waals surface area (Å²) in [5.41, 5.74) is -0.617. The van der Waals surface area contributed by atoms with Crippen LogP contribution in [0.3, 0.4) is 0 Å². The number of halogens is 4. The van der Waals surface area contributed by atoms with Gasteiger partial charge in [0, 0.05) is 15.6 Å². The number of carbonyl (C=O) groups is 1. The van der Waals surface area contributed by atoms with Crippen molar-refractivity contribution < 1.29 is 32.2 Å². The van der Waals surface area contributed by atoms with Crippen molar-refractivity contribution in [3.63, 3.8) is 0 Å². The van der Waals surface area contributed by atoms with Crippen LogP contribution in [-0.4, -0.2) is 41.2 Å². The van der Waals surface area contributed by atoms with Crippen molar-refractivity contribution in [3.8, 4) is 22.9 Å². The lowest BCUT2D eigenvalue weighted by atomic mass is 10.1. The van der Waals surface area contributed by atoms with Crippen LogP contribution >= 0.6 is 15.9 Å². The molecule has 0 aliphatic rings. The standard InChI is InChI=1S/C29H25BrF3N3O5/c1-4-39-24-13-19(22(30)14-25(24)40-16-26(37)41-17(2)3)15-34-36-27(18-8-7-9-20(12-18)29(31,32)33)35-23-11-6-5-10-21(23)28(36)38/h5-15,17H,4,16H2,1-3H3. The minimum Gasteiger partial charge on any atom is -0.490 e. The highest BCUT2D eigenvalue weighted by atomic mass is 79.9. The number of hydrogen-bond donors (Lipinski definition) is 0. The van der Waals surface area contributed by atoms with Crippen molar-refractivity contribution in [1.29, 1.82) is 0 Å². The van der Waals surface area contributed by atoms with Gasteiger partial charge in [0.25, 0.3) is 5.56 Å². The molecule has 1 aromatic heterocycles. The second-order valence-electron chi connectivity index (χ2n) is 8.97. The molecule has 0 spiro atoms. The fourth-order valence-corrected chi connectivity index (χ4v) is 4.26. The van der Waals surface area contributed by atoms with Crippen molar-refractivity contribution in [2.24, 2.45) is 5.10 Å². The number of hydrogen-bond acceptors (Lipinski definition) is 7. The van der Waals surface area contributed by atoms with Crippen LogP contribution < -0.4 is 15.0 Å². The molecule has 0 aliphatic heterocycles. The van der Waals surface area contributed by atoms with E-state index in [4.69, 9.17) is 14.2 Å². The Hall–Kier alpha value is -4.19. The van der Waals surface area contributed by atoms with Crippen LogP contribution in [-0.2, 0) is 15.7 Å². The first-order valence-corrected chi connectivity index (χ1v) is 13.3. The van der Waals surface area contributed by atoms with Gasteiger partial charge in [-0.25, -0.2) is 9.78 Å². The van der Waals surface area contributed by atoms with Gasteiger partial charge in [-0.05, 0) is 73.1 Å². The van der Waals surface area contributed by atoms with Crippen molar-refractivity contribution >= 4 is 39.0 Å². The molecule has 41 heavy (non-hydrogen) atoms. The first-order chi connectivity index (χ1) is 19.5.